The number of nitrogens with zero attached hydrogens (tertiary/aromatic N) is 1. The molecule has 1 amide bonds. The van der Waals surface area contributed by atoms with Crippen LogP contribution >= 0.6 is 23.2 Å². The van der Waals surface area contributed by atoms with Crippen LogP contribution in [0.2, 0.25) is 10.0 Å². The highest BCUT2D eigenvalue weighted by Gasteiger charge is 2.28. The van der Waals surface area contributed by atoms with Gasteiger partial charge in [0.05, 0.1) is 35.0 Å². The fourth-order valence-corrected chi connectivity index (χ4v) is 5.31. The van der Waals surface area contributed by atoms with Crippen molar-refractivity contribution >= 4 is 56.5 Å². The van der Waals surface area contributed by atoms with Gasteiger partial charge in [-0.05, 0) is 54.6 Å². The van der Waals surface area contributed by atoms with Crippen molar-refractivity contribution in [2.75, 3.05) is 23.3 Å². The smallest absolute Gasteiger partial charge is 0.337 e. The number of ether oxygens (including phenoxy) is 1. The number of amides is 1. The third-order valence-electron chi connectivity index (χ3n) is 4.74. The number of hydrogen-bond acceptors (Lipinski definition) is 5. The maximum atomic E-state index is 13.5. The van der Waals surface area contributed by atoms with E-state index in [1.54, 1.807) is 24.3 Å². The van der Waals surface area contributed by atoms with Crippen LogP contribution in [-0.2, 0) is 14.8 Å². The fourth-order valence-electron chi connectivity index (χ4n) is 3.07. The first-order valence-corrected chi connectivity index (χ1v) is 12.1. The number of benzene rings is 3. The van der Waals surface area contributed by atoms with Crippen LogP contribution in [0.5, 0.6) is 0 Å². The average Bonchev–Trinajstić information content (AvgIpc) is 2.83. The summed E-state index contributed by atoms with van der Waals surface area (Å²) in [5.41, 5.74) is 1.04. The van der Waals surface area contributed by atoms with Crippen molar-refractivity contribution in [1.29, 1.82) is 0 Å². The van der Waals surface area contributed by atoms with Gasteiger partial charge in [0.2, 0.25) is 0 Å². The SMILES string of the molecule is C=CCN(c1ccccc1Cl)S(=O)(=O)c1cc(C(=O)Nc2ccc(C(=O)OC)cc2)ccc1Cl. The zero-order chi connectivity index (χ0) is 24.9. The molecular formula is C24H20Cl2N2O5S. The summed E-state index contributed by atoms with van der Waals surface area (Å²) < 4.78 is 32.7. The minimum Gasteiger partial charge on any atom is -0.465 e. The molecule has 0 bridgehead atoms. The predicted octanol–water partition coefficient (Wildman–Crippen LogP) is 5.41. The van der Waals surface area contributed by atoms with Crippen molar-refractivity contribution in [1.82, 2.24) is 0 Å². The van der Waals surface area contributed by atoms with Crippen LogP contribution in [0.25, 0.3) is 0 Å². The van der Waals surface area contributed by atoms with Gasteiger partial charge < -0.3 is 10.1 Å². The van der Waals surface area contributed by atoms with Crippen LogP contribution in [0.1, 0.15) is 20.7 Å². The number of rotatable bonds is 8. The molecule has 1 N–H and O–H groups in total. The Bertz CT molecular complexity index is 1340. The van der Waals surface area contributed by atoms with Crippen LogP contribution in [-0.4, -0.2) is 33.9 Å². The van der Waals surface area contributed by atoms with E-state index in [9.17, 15) is 18.0 Å². The molecule has 0 unspecified atom stereocenters. The van der Waals surface area contributed by atoms with E-state index in [0.717, 1.165) is 4.31 Å². The maximum Gasteiger partial charge on any atom is 0.337 e. The topological polar surface area (TPSA) is 92.8 Å². The van der Waals surface area contributed by atoms with Crippen molar-refractivity contribution < 1.29 is 22.7 Å². The molecule has 0 atom stereocenters. The van der Waals surface area contributed by atoms with Crippen molar-refractivity contribution in [3.05, 3.63) is 101 Å². The molecule has 10 heteroatoms. The lowest BCUT2D eigenvalue weighted by Crippen LogP contribution is -2.32. The van der Waals surface area contributed by atoms with Gasteiger partial charge >= 0.3 is 5.97 Å². The van der Waals surface area contributed by atoms with Gasteiger partial charge in [-0.15, -0.1) is 6.58 Å². The number of carbonyl (C=O) groups is 2. The molecule has 3 aromatic rings. The summed E-state index contributed by atoms with van der Waals surface area (Å²) in [6, 6.07) is 16.5. The molecule has 0 saturated heterocycles. The van der Waals surface area contributed by atoms with Gasteiger partial charge in [0.15, 0.2) is 0 Å². The lowest BCUT2D eigenvalue weighted by atomic mass is 10.2. The van der Waals surface area contributed by atoms with Crippen LogP contribution in [0, 0.1) is 0 Å². The number of para-hydroxylation sites is 1. The number of methoxy groups -OCH3 is 1. The summed E-state index contributed by atoms with van der Waals surface area (Å²) in [5, 5.41) is 2.83. The first-order valence-electron chi connectivity index (χ1n) is 9.86. The highest BCUT2D eigenvalue weighted by Crippen LogP contribution is 2.33. The molecule has 0 aliphatic carbocycles. The lowest BCUT2D eigenvalue weighted by molar-refractivity contribution is 0.0600. The Kier molecular flexibility index (Phi) is 7.98. The lowest BCUT2D eigenvalue weighted by Gasteiger charge is -2.24. The number of nitrogens with one attached hydrogen (secondary N) is 1. The van der Waals surface area contributed by atoms with Crippen LogP contribution in [0.3, 0.4) is 0 Å². The summed E-state index contributed by atoms with van der Waals surface area (Å²) in [7, 11) is -2.93. The molecule has 0 radical (unpaired) electrons. The van der Waals surface area contributed by atoms with Gasteiger partial charge in [0.25, 0.3) is 15.9 Å². The largest absolute Gasteiger partial charge is 0.465 e. The fraction of sp³-hybridized carbons (Fsp3) is 0.0833. The van der Waals surface area contributed by atoms with E-state index in [0.29, 0.717) is 11.3 Å². The monoisotopic (exact) mass is 518 g/mol. The van der Waals surface area contributed by atoms with E-state index in [1.807, 2.05) is 0 Å². The Hall–Kier alpha value is -3.33. The molecule has 7 nitrogen and oxygen atoms in total. The molecular weight excluding hydrogens is 499 g/mol. The minimum atomic E-state index is -4.20. The maximum absolute atomic E-state index is 13.5. The van der Waals surface area contributed by atoms with Gasteiger partial charge in [-0.1, -0.05) is 41.4 Å². The summed E-state index contributed by atoms with van der Waals surface area (Å²) in [4.78, 5) is 24.1. The van der Waals surface area contributed by atoms with Gasteiger partial charge in [-0.25, -0.2) is 13.2 Å². The minimum absolute atomic E-state index is 0.0555. The first kappa shape index (κ1) is 25.3. The number of esters is 1. The third-order valence-corrected chi connectivity index (χ3v) is 7.32. The molecule has 0 heterocycles. The van der Waals surface area contributed by atoms with Crippen molar-refractivity contribution in [3.63, 3.8) is 0 Å². The molecule has 0 aliphatic heterocycles. The third kappa shape index (κ3) is 5.41. The second-order valence-corrected chi connectivity index (χ2v) is 9.59. The summed E-state index contributed by atoms with van der Waals surface area (Å²) in [5.74, 6) is -1.07. The molecule has 3 rings (SSSR count). The summed E-state index contributed by atoms with van der Waals surface area (Å²) in [6.45, 7) is 3.56. The number of halogens is 2. The molecule has 34 heavy (non-hydrogen) atoms. The van der Waals surface area contributed by atoms with Gasteiger partial charge in [0, 0.05) is 11.3 Å². The van der Waals surface area contributed by atoms with Crippen molar-refractivity contribution in [2.45, 2.75) is 4.90 Å². The van der Waals surface area contributed by atoms with E-state index in [4.69, 9.17) is 23.2 Å². The quantitative estimate of drug-likeness (QED) is 0.317. The first-order chi connectivity index (χ1) is 16.2. The Morgan fingerprint density at radius 2 is 1.65 bits per heavy atom. The van der Waals surface area contributed by atoms with Crippen molar-refractivity contribution in [3.8, 4) is 0 Å². The molecule has 0 spiro atoms. The standard InChI is InChI=1S/C24H20Cl2N2O5S/c1-3-14-28(21-7-5-4-6-19(21)25)34(31,32)22-15-17(10-13-20(22)26)23(29)27-18-11-8-16(9-12-18)24(30)33-2/h3-13,15H,1,14H2,2H3,(H,27,29). The normalized spacial score (nSPS) is 10.9. The highest BCUT2D eigenvalue weighted by molar-refractivity contribution is 7.93. The molecule has 0 aromatic heterocycles. The van der Waals surface area contributed by atoms with Gasteiger partial charge in [-0.3, -0.25) is 9.10 Å². The number of anilines is 2. The van der Waals surface area contributed by atoms with Crippen LogP contribution < -0.4 is 9.62 Å². The Balaban J connectivity index is 1.94. The molecule has 0 aliphatic rings. The van der Waals surface area contributed by atoms with Gasteiger partial charge in [0.1, 0.15) is 4.90 Å². The second kappa shape index (κ2) is 10.7. The average molecular weight is 519 g/mol. The molecule has 0 saturated carbocycles. The van der Waals surface area contributed by atoms with Crippen LogP contribution in [0.15, 0.2) is 84.3 Å². The van der Waals surface area contributed by atoms with E-state index < -0.39 is 21.9 Å². The zero-order valence-corrected chi connectivity index (χ0v) is 20.3. The number of carbonyl (C=O) groups excluding carboxylic acids is 2. The summed E-state index contributed by atoms with van der Waals surface area (Å²) in [6.07, 6.45) is 1.42. The predicted molar refractivity (Wildman–Crippen MR) is 133 cm³/mol. The summed E-state index contributed by atoms with van der Waals surface area (Å²) >= 11 is 12.5. The number of sulfonamides is 1. The van der Waals surface area contributed by atoms with E-state index in [-0.39, 0.29) is 32.7 Å². The second-order valence-electron chi connectivity index (χ2n) is 6.94. The van der Waals surface area contributed by atoms with Crippen LogP contribution in [0.4, 0.5) is 11.4 Å². The Labute approximate surface area is 207 Å². The Morgan fingerprint density at radius 3 is 2.26 bits per heavy atom. The van der Waals surface area contributed by atoms with E-state index in [2.05, 4.69) is 16.6 Å². The molecule has 0 fully saturated rings. The van der Waals surface area contributed by atoms with Crippen molar-refractivity contribution in [2.24, 2.45) is 0 Å². The van der Waals surface area contributed by atoms with Gasteiger partial charge in [-0.2, -0.15) is 0 Å². The Morgan fingerprint density at radius 1 is 1.00 bits per heavy atom. The molecule has 176 valence electrons. The van der Waals surface area contributed by atoms with E-state index in [1.165, 1.54) is 55.7 Å². The number of hydrogen-bond donors (Lipinski definition) is 1. The molecule has 3 aromatic carbocycles. The van der Waals surface area contributed by atoms with E-state index >= 15 is 0 Å². The highest BCUT2D eigenvalue weighted by atomic mass is 35.5. The zero-order valence-electron chi connectivity index (χ0n) is 18.0.